The lowest BCUT2D eigenvalue weighted by atomic mass is 9.97. The van der Waals surface area contributed by atoms with Crippen LogP contribution in [0.25, 0.3) is 0 Å². The minimum absolute atomic E-state index is 0.108. The zero-order valence-corrected chi connectivity index (χ0v) is 14.8. The van der Waals surface area contributed by atoms with E-state index >= 15 is 0 Å². The lowest BCUT2D eigenvalue weighted by Crippen LogP contribution is -2.26. The Morgan fingerprint density at radius 2 is 2.04 bits per heavy atom. The highest BCUT2D eigenvalue weighted by atomic mass is 19.4. The van der Waals surface area contributed by atoms with Crippen molar-refractivity contribution in [3.63, 3.8) is 0 Å². The molecule has 0 saturated heterocycles. The van der Waals surface area contributed by atoms with Crippen LogP contribution in [0, 0.1) is 11.7 Å². The predicted molar refractivity (Wildman–Crippen MR) is 94.8 cm³/mol. The highest BCUT2D eigenvalue weighted by Crippen LogP contribution is 2.30. The van der Waals surface area contributed by atoms with Crippen LogP contribution in [-0.2, 0) is 30.4 Å². The molecule has 1 heterocycles. The van der Waals surface area contributed by atoms with Gasteiger partial charge in [0, 0.05) is 12.5 Å². The van der Waals surface area contributed by atoms with Gasteiger partial charge in [-0.25, -0.2) is 4.39 Å². The summed E-state index contributed by atoms with van der Waals surface area (Å²) in [5, 5.41) is 5.72. The molecule has 0 bridgehead atoms. The van der Waals surface area contributed by atoms with Crippen molar-refractivity contribution in [3.8, 4) is 0 Å². The molecule has 0 saturated carbocycles. The summed E-state index contributed by atoms with van der Waals surface area (Å²) in [6.45, 7) is 2.87. The molecule has 1 aliphatic rings. The van der Waals surface area contributed by atoms with Crippen LogP contribution in [0.2, 0.25) is 0 Å². The third kappa shape index (κ3) is 4.47. The molecule has 2 N–H and O–H groups in total. The minimum atomic E-state index is -4.43. The summed E-state index contributed by atoms with van der Waals surface area (Å²) in [7, 11) is 0. The first-order valence-electron chi connectivity index (χ1n) is 8.73. The van der Waals surface area contributed by atoms with Crippen LogP contribution in [0.3, 0.4) is 0 Å². The molecule has 1 atom stereocenters. The van der Waals surface area contributed by atoms with Crippen LogP contribution in [0.15, 0.2) is 36.4 Å². The van der Waals surface area contributed by atoms with E-state index in [1.807, 2.05) is 0 Å². The maximum absolute atomic E-state index is 14.6. The normalized spacial score (nSPS) is 15.1. The van der Waals surface area contributed by atoms with Crippen molar-refractivity contribution in [1.29, 1.82) is 0 Å². The van der Waals surface area contributed by atoms with Crippen LogP contribution in [0.4, 0.5) is 23.2 Å². The first-order valence-corrected chi connectivity index (χ1v) is 8.73. The Morgan fingerprint density at radius 3 is 2.78 bits per heavy atom. The number of anilines is 1. The number of hydrogen-bond donors (Lipinski definition) is 2. The lowest BCUT2D eigenvalue weighted by Gasteiger charge is -2.20. The molecule has 3 rings (SSSR count). The molecule has 7 heteroatoms. The summed E-state index contributed by atoms with van der Waals surface area (Å²) in [5.41, 5.74) is 1.23. The summed E-state index contributed by atoms with van der Waals surface area (Å²) in [4.78, 5) is 12.4. The molecule has 144 valence electrons. The van der Waals surface area contributed by atoms with Gasteiger partial charge in [0.1, 0.15) is 5.82 Å². The van der Waals surface area contributed by atoms with E-state index in [9.17, 15) is 22.4 Å². The topological polar surface area (TPSA) is 41.1 Å². The van der Waals surface area contributed by atoms with Gasteiger partial charge >= 0.3 is 6.18 Å². The zero-order chi connectivity index (χ0) is 19.6. The number of carbonyl (C=O) groups is 1. The standard InChI is InChI=1S/C20H20F4N2O/c1-12(9-13-3-2-4-15(10-13)20(22,23)24)19(27)26-17-6-5-14-11-25-8-7-16(14)18(17)21/h2-6,10,12,25H,7-9,11H2,1H3,(H,26,27). The summed E-state index contributed by atoms with van der Waals surface area (Å²) in [6.07, 6.45) is -3.75. The van der Waals surface area contributed by atoms with Crippen molar-refractivity contribution < 1.29 is 22.4 Å². The van der Waals surface area contributed by atoms with E-state index in [1.165, 1.54) is 12.1 Å². The quantitative estimate of drug-likeness (QED) is 0.777. The van der Waals surface area contributed by atoms with Gasteiger partial charge in [-0.3, -0.25) is 4.79 Å². The fraction of sp³-hybridized carbons (Fsp3) is 0.350. The van der Waals surface area contributed by atoms with Crippen LogP contribution < -0.4 is 10.6 Å². The Bertz CT molecular complexity index is 848. The predicted octanol–water partition coefficient (Wildman–Crippen LogP) is 4.31. The fourth-order valence-electron chi connectivity index (χ4n) is 3.21. The van der Waals surface area contributed by atoms with E-state index in [0.717, 1.165) is 17.7 Å². The number of hydrogen-bond acceptors (Lipinski definition) is 2. The van der Waals surface area contributed by atoms with Crippen LogP contribution in [0.1, 0.15) is 29.2 Å². The first-order chi connectivity index (χ1) is 12.8. The number of carbonyl (C=O) groups excluding carboxylic acids is 1. The second-order valence-corrected chi connectivity index (χ2v) is 6.78. The maximum Gasteiger partial charge on any atom is 0.416 e. The molecule has 0 aliphatic carbocycles. The smallest absolute Gasteiger partial charge is 0.323 e. The maximum atomic E-state index is 14.6. The van der Waals surface area contributed by atoms with Crippen molar-refractivity contribution >= 4 is 11.6 Å². The third-order valence-electron chi connectivity index (χ3n) is 4.71. The molecular weight excluding hydrogens is 360 g/mol. The Kier molecular flexibility index (Phi) is 5.51. The van der Waals surface area contributed by atoms with Crippen molar-refractivity contribution in [1.82, 2.24) is 5.32 Å². The Balaban J connectivity index is 1.70. The number of nitrogens with one attached hydrogen (secondary N) is 2. The summed E-state index contributed by atoms with van der Waals surface area (Å²) in [5.74, 6) is -1.47. The molecule has 1 amide bonds. The molecule has 2 aromatic carbocycles. The molecule has 27 heavy (non-hydrogen) atoms. The average molecular weight is 380 g/mol. The molecule has 1 unspecified atom stereocenters. The molecule has 0 fully saturated rings. The van der Waals surface area contributed by atoms with E-state index in [1.54, 1.807) is 19.1 Å². The number of rotatable bonds is 4. The number of amides is 1. The van der Waals surface area contributed by atoms with Crippen LogP contribution in [0.5, 0.6) is 0 Å². The van der Waals surface area contributed by atoms with E-state index in [-0.39, 0.29) is 12.1 Å². The molecule has 0 spiro atoms. The molecule has 0 radical (unpaired) electrons. The van der Waals surface area contributed by atoms with Crippen molar-refractivity contribution in [2.75, 3.05) is 11.9 Å². The van der Waals surface area contributed by atoms with Gasteiger partial charge in [-0.15, -0.1) is 0 Å². The van der Waals surface area contributed by atoms with Gasteiger partial charge in [0.15, 0.2) is 0 Å². The number of benzene rings is 2. The van der Waals surface area contributed by atoms with Crippen LogP contribution in [-0.4, -0.2) is 12.5 Å². The Morgan fingerprint density at radius 1 is 1.26 bits per heavy atom. The van der Waals surface area contributed by atoms with E-state index < -0.39 is 29.4 Å². The van der Waals surface area contributed by atoms with Gasteiger partial charge in [-0.2, -0.15) is 13.2 Å². The summed E-state index contributed by atoms with van der Waals surface area (Å²) < 4.78 is 53.0. The van der Waals surface area contributed by atoms with Gasteiger partial charge in [0.05, 0.1) is 11.3 Å². The van der Waals surface area contributed by atoms with Crippen molar-refractivity contribution in [2.24, 2.45) is 5.92 Å². The van der Waals surface area contributed by atoms with Crippen molar-refractivity contribution in [2.45, 2.75) is 32.5 Å². The molecule has 3 nitrogen and oxygen atoms in total. The van der Waals surface area contributed by atoms with Gasteiger partial charge in [-0.1, -0.05) is 31.2 Å². The Hall–Kier alpha value is -2.41. The first kappa shape index (κ1) is 19.4. The minimum Gasteiger partial charge on any atom is -0.323 e. The third-order valence-corrected chi connectivity index (χ3v) is 4.71. The molecular formula is C20H20F4N2O. The second-order valence-electron chi connectivity index (χ2n) is 6.78. The Labute approximate surface area is 154 Å². The lowest BCUT2D eigenvalue weighted by molar-refractivity contribution is -0.137. The molecule has 0 aromatic heterocycles. The van der Waals surface area contributed by atoms with Gasteiger partial charge in [0.2, 0.25) is 5.91 Å². The summed E-state index contributed by atoms with van der Waals surface area (Å²) in [6, 6.07) is 8.20. The number of alkyl halides is 3. The van der Waals surface area contributed by atoms with Crippen molar-refractivity contribution in [3.05, 3.63) is 64.5 Å². The summed E-state index contributed by atoms with van der Waals surface area (Å²) >= 11 is 0. The van der Waals surface area contributed by atoms with Gasteiger partial charge < -0.3 is 10.6 Å². The average Bonchev–Trinajstić information content (AvgIpc) is 2.63. The number of halogens is 4. The molecule has 2 aromatic rings. The van der Waals surface area contributed by atoms with E-state index in [4.69, 9.17) is 0 Å². The SMILES string of the molecule is CC(Cc1cccc(C(F)(F)F)c1)C(=O)Nc1ccc2c(c1F)CCNC2. The monoisotopic (exact) mass is 380 g/mol. The zero-order valence-electron chi connectivity index (χ0n) is 14.8. The molecule has 1 aliphatic heterocycles. The van der Waals surface area contributed by atoms with E-state index in [2.05, 4.69) is 10.6 Å². The highest BCUT2D eigenvalue weighted by molar-refractivity contribution is 5.92. The van der Waals surface area contributed by atoms with Crippen LogP contribution >= 0.6 is 0 Å². The largest absolute Gasteiger partial charge is 0.416 e. The van der Waals surface area contributed by atoms with E-state index in [0.29, 0.717) is 30.6 Å². The highest BCUT2D eigenvalue weighted by Gasteiger charge is 2.30. The number of fused-ring (bicyclic) bond motifs is 1. The second kappa shape index (κ2) is 7.68. The van der Waals surface area contributed by atoms with Gasteiger partial charge in [-0.05, 0) is 48.2 Å². The van der Waals surface area contributed by atoms with Gasteiger partial charge in [0.25, 0.3) is 0 Å². The fourth-order valence-corrected chi connectivity index (χ4v) is 3.21.